The third kappa shape index (κ3) is 3.61. The van der Waals surface area contributed by atoms with Crippen LogP contribution < -0.4 is 5.32 Å². The number of carboxylic acids is 2. The van der Waals surface area contributed by atoms with Gasteiger partial charge in [0.25, 0.3) is 5.69 Å². The summed E-state index contributed by atoms with van der Waals surface area (Å²) in [5.41, 5.74) is 0.916. The number of carbonyl (C=O) groups is 2. The summed E-state index contributed by atoms with van der Waals surface area (Å²) in [6.45, 7) is 0. The zero-order valence-electron chi connectivity index (χ0n) is 14.0. The van der Waals surface area contributed by atoms with Crippen LogP contribution in [0, 0.1) is 10.1 Å². The van der Waals surface area contributed by atoms with Crippen molar-refractivity contribution in [1.82, 2.24) is 4.98 Å². The first kappa shape index (κ1) is 18.1. The van der Waals surface area contributed by atoms with E-state index in [-0.39, 0.29) is 29.6 Å². The number of pyridine rings is 1. The number of nitro groups is 1. The number of anilines is 1. The molecule has 0 saturated heterocycles. The Hall–Kier alpha value is -3.75. The van der Waals surface area contributed by atoms with Crippen LogP contribution in [0.25, 0.3) is 21.8 Å². The molecule has 1 aromatic heterocycles. The summed E-state index contributed by atoms with van der Waals surface area (Å²) < 4.78 is 0. The van der Waals surface area contributed by atoms with Crippen molar-refractivity contribution in [3.63, 3.8) is 0 Å². The van der Waals surface area contributed by atoms with Crippen molar-refractivity contribution in [2.24, 2.45) is 0 Å². The van der Waals surface area contributed by atoms with E-state index in [0.717, 1.165) is 0 Å². The monoisotopic (exact) mass is 369 g/mol. The third-order valence-corrected chi connectivity index (χ3v) is 4.14. The first-order chi connectivity index (χ1) is 12.9. The number of nitrogens with zero attached hydrogens (tertiary/aromatic N) is 2. The van der Waals surface area contributed by atoms with Crippen molar-refractivity contribution >= 4 is 45.1 Å². The molecule has 0 fully saturated rings. The van der Waals surface area contributed by atoms with E-state index in [4.69, 9.17) is 5.11 Å². The van der Waals surface area contributed by atoms with Gasteiger partial charge in [0.05, 0.1) is 21.6 Å². The molecule has 0 saturated carbocycles. The minimum absolute atomic E-state index is 0.177. The summed E-state index contributed by atoms with van der Waals surface area (Å²) in [4.78, 5) is 37.8. The zero-order chi connectivity index (χ0) is 19.6. The lowest BCUT2D eigenvalue weighted by molar-refractivity contribution is -0.383. The topological polar surface area (TPSA) is 143 Å². The van der Waals surface area contributed by atoms with Crippen LogP contribution in [0.3, 0.4) is 0 Å². The SMILES string of the molecule is O=C(O)CC[C@H](Nc1c2ccccc2nc2cccc([N+](=O)[O-])c12)C(=O)O. The summed E-state index contributed by atoms with van der Waals surface area (Å²) in [7, 11) is 0. The van der Waals surface area contributed by atoms with E-state index in [9.17, 15) is 24.8 Å². The fourth-order valence-corrected chi connectivity index (χ4v) is 2.93. The molecule has 3 N–H and O–H groups in total. The van der Waals surface area contributed by atoms with Crippen LogP contribution in [-0.4, -0.2) is 38.1 Å². The molecule has 3 aromatic rings. The summed E-state index contributed by atoms with van der Waals surface area (Å²) in [5.74, 6) is -2.37. The molecule has 1 atom stereocenters. The first-order valence-electron chi connectivity index (χ1n) is 8.05. The third-order valence-electron chi connectivity index (χ3n) is 4.14. The van der Waals surface area contributed by atoms with E-state index in [1.54, 1.807) is 30.3 Å². The van der Waals surface area contributed by atoms with Crippen molar-refractivity contribution < 1.29 is 24.7 Å². The molecule has 2 aromatic carbocycles. The van der Waals surface area contributed by atoms with Crippen LogP contribution in [-0.2, 0) is 9.59 Å². The molecule has 9 nitrogen and oxygen atoms in total. The molecule has 0 spiro atoms. The molecule has 0 unspecified atom stereocenters. The minimum Gasteiger partial charge on any atom is -0.481 e. The smallest absolute Gasteiger partial charge is 0.326 e. The summed E-state index contributed by atoms with van der Waals surface area (Å²) in [6.07, 6.45) is -0.531. The van der Waals surface area contributed by atoms with Gasteiger partial charge in [0, 0.05) is 17.9 Å². The van der Waals surface area contributed by atoms with Crippen molar-refractivity contribution in [2.45, 2.75) is 18.9 Å². The van der Waals surface area contributed by atoms with Crippen LogP contribution in [0.1, 0.15) is 12.8 Å². The number of hydrogen-bond donors (Lipinski definition) is 3. The largest absolute Gasteiger partial charge is 0.481 e. The van der Waals surface area contributed by atoms with Gasteiger partial charge in [0.1, 0.15) is 11.4 Å². The summed E-state index contributed by atoms with van der Waals surface area (Å²) in [5, 5.41) is 33.3. The second-order valence-corrected chi connectivity index (χ2v) is 5.90. The van der Waals surface area contributed by atoms with Gasteiger partial charge in [0.15, 0.2) is 0 Å². The Morgan fingerprint density at radius 1 is 1.11 bits per heavy atom. The van der Waals surface area contributed by atoms with Gasteiger partial charge in [0.2, 0.25) is 0 Å². The number of aromatic nitrogens is 1. The number of para-hydroxylation sites is 1. The Morgan fingerprint density at radius 3 is 2.48 bits per heavy atom. The second-order valence-electron chi connectivity index (χ2n) is 5.90. The zero-order valence-corrected chi connectivity index (χ0v) is 14.0. The molecule has 0 aliphatic heterocycles. The van der Waals surface area contributed by atoms with Gasteiger partial charge < -0.3 is 15.5 Å². The highest BCUT2D eigenvalue weighted by Gasteiger charge is 2.24. The van der Waals surface area contributed by atoms with Crippen molar-refractivity contribution in [2.75, 3.05) is 5.32 Å². The molecule has 0 aliphatic carbocycles. The molecule has 0 amide bonds. The Balaban J connectivity index is 2.25. The van der Waals surface area contributed by atoms with E-state index in [1.165, 1.54) is 12.1 Å². The normalized spacial score (nSPS) is 12.0. The van der Waals surface area contributed by atoms with Crippen LogP contribution in [0.4, 0.5) is 11.4 Å². The van der Waals surface area contributed by atoms with Gasteiger partial charge >= 0.3 is 11.9 Å². The highest BCUT2D eigenvalue weighted by Crippen LogP contribution is 2.37. The minimum atomic E-state index is -1.25. The Labute approximate surface area is 152 Å². The highest BCUT2D eigenvalue weighted by molar-refractivity contribution is 6.11. The molecule has 138 valence electrons. The highest BCUT2D eigenvalue weighted by atomic mass is 16.6. The van der Waals surface area contributed by atoms with Gasteiger partial charge in [-0.05, 0) is 18.6 Å². The number of aliphatic carboxylic acids is 2. The molecule has 0 aliphatic rings. The average molecular weight is 369 g/mol. The number of fused-ring (bicyclic) bond motifs is 2. The Bertz CT molecular complexity index is 1070. The van der Waals surface area contributed by atoms with Gasteiger partial charge in [-0.25, -0.2) is 9.78 Å². The number of benzene rings is 2. The number of hydrogen-bond acceptors (Lipinski definition) is 6. The molecular weight excluding hydrogens is 354 g/mol. The maximum Gasteiger partial charge on any atom is 0.326 e. The fraction of sp³-hybridized carbons (Fsp3) is 0.167. The molecule has 0 radical (unpaired) electrons. The predicted molar refractivity (Wildman–Crippen MR) is 97.8 cm³/mol. The fourth-order valence-electron chi connectivity index (χ4n) is 2.93. The number of nitro benzene ring substituents is 1. The molecule has 0 bridgehead atoms. The van der Waals surface area contributed by atoms with Crippen LogP contribution in [0.5, 0.6) is 0 Å². The lowest BCUT2D eigenvalue weighted by atomic mass is 10.0. The Kier molecular flexibility index (Phi) is 4.84. The Morgan fingerprint density at radius 2 is 1.81 bits per heavy atom. The predicted octanol–water partition coefficient (Wildman–Crippen LogP) is 3.03. The molecule has 9 heteroatoms. The van der Waals surface area contributed by atoms with Gasteiger partial charge in [-0.15, -0.1) is 0 Å². The van der Waals surface area contributed by atoms with Crippen molar-refractivity contribution in [3.8, 4) is 0 Å². The maximum absolute atomic E-state index is 11.6. The quantitative estimate of drug-likeness (QED) is 0.328. The van der Waals surface area contributed by atoms with Crippen molar-refractivity contribution in [3.05, 3.63) is 52.6 Å². The summed E-state index contributed by atoms with van der Waals surface area (Å²) >= 11 is 0. The van der Waals surface area contributed by atoms with Crippen molar-refractivity contribution in [1.29, 1.82) is 0 Å². The van der Waals surface area contributed by atoms with E-state index in [0.29, 0.717) is 16.4 Å². The standard InChI is InChI=1S/C18H15N3O6/c22-15(23)9-8-13(18(24)25)20-17-10-4-1-2-5-11(10)19-12-6-3-7-14(16(12)17)21(26)27/h1-7,13H,8-9H2,(H,19,20)(H,22,23)(H,24,25)/t13-/m0/s1. The molecular formula is C18H15N3O6. The second kappa shape index (κ2) is 7.24. The molecule has 3 rings (SSSR count). The summed E-state index contributed by atoms with van der Waals surface area (Å²) in [6, 6.07) is 10.1. The number of rotatable bonds is 7. The number of non-ortho nitro benzene ring substituents is 1. The van der Waals surface area contributed by atoms with Crippen LogP contribution >= 0.6 is 0 Å². The maximum atomic E-state index is 11.6. The number of carboxylic acid groups (broad SMARTS) is 2. The molecule has 1 heterocycles. The van der Waals surface area contributed by atoms with E-state index in [2.05, 4.69) is 10.3 Å². The average Bonchev–Trinajstić information content (AvgIpc) is 2.63. The lowest BCUT2D eigenvalue weighted by Gasteiger charge is -2.18. The van der Waals surface area contributed by atoms with E-state index < -0.39 is 22.9 Å². The van der Waals surface area contributed by atoms with Gasteiger partial charge in [-0.3, -0.25) is 14.9 Å². The van der Waals surface area contributed by atoms with Gasteiger partial charge in [-0.1, -0.05) is 24.3 Å². The lowest BCUT2D eigenvalue weighted by Crippen LogP contribution is -2.30. The first-order valence-corrected chi connectivity index (χ1v) is 8.05. The van der Waals surface area contributed by atoms with Crippen LogP contribution in [0.2, 0.25) is 0 Å². The number of nitrogens with one attached hydrogen (secondary N) is 1. The molecule has 27 heavy (non-hydrogen) atoms. The van der Waals surface area contributed by atoms with E-state index >= 15 is 0 Å². The van der Waals surface area contributed by atoms with Crippen LogP contribution in [0.15, 0.2) is 42.5 Å². The van der Waals surface area contributed by atoms with E-state index in [1.807, 2.05) is 0 Å². The van der Waals surface area contributed by atoms with Gasteiger partial charge in [-0.2, -0.15) is 0 Å².